The van der Waals surface area contributed by atoms with E-state index >= 15 is 0 Å². The van der Waals surface area contributed by atoms with Gasteiger partial charge in [0.2, 0.25) is 5.91 Å². The molecule has 1 aliphatic rings. The lowest BCUT2D eigenvalue weighted by Gasteiger charge is -2.21. The van der Waals surface area contributed by atoms with Gasteiger partial charge in [0, 0.05) is 0 Å². The molecule has 0 unspecified atom stereocenters. The van der Waals surface area contributed by atoms with E-state index in [0.29, 0.717) is 19.6 Å². The molecule has 4 heteroatoms. The van der Waals surface area contributed by atoms with E-state index in [1.54, 1.807) is 7.11 Å². The molecular weight excluding hydrogens is 374 g/mol. The number of hydrogen-bond acceptors (Lipinski definition) is 3. The van der Waals surface area contributed by atoms with Crippen molar-refractivity contribution < 1.29 is 14.3 Å². The van der Waals surface area contributed by atoms with E-state index < -0.39 is 0 Å². The standard InChI is InChI=1S/C26H25NO3/c1-29-23-14-12-21(13-15-23)18-27-24(16-20-8-4-2-5-9-20)25(17-26(27)28)30-19-22-10-6-3-7-11-22/h2-16,25H,17-19H2,1H3/b24-16+/t25-/m0/s1. The topological polar surface area (TPSA) is 38.8 Å². The van der Waals surface area contributed by atoms with Gasteiger partial charge in [0.1, 0.15) is 11.9 Å². The largest absolute Gasteiger partial charge is 0.497 e. The maximum Gasteiger partial charge on any atom is 0.230 e. The molecule has 4 nitrogen and oxygen atoms in total. The van der Waals surface area contributed by atoms with E-state index in [0.717, 1.165) is 28.1 Å². The van der Waals surface area contributed by atoms with Crippen LogP contribution in [-0.4, -0.2) is 24.0 Å². The van der Waals surface area contributed by atoms with Gasteiger partial charge in [0.05, 0.1) is 32.4 Å². The summed E-state index contributed by atoms with van der Waals surface area (Å²) in [7, 11) is 1.65. The Morgan fingerprint density at radius 2 is 1.57 bits per heavy atom. The molecule has 1 fully saturated rings. The van der Waals surface area contributed by atoms with Crippen molar-refractivity contribution in [2.75, 3.05) is 7.11 Å². The number of rotatable bonds is 7. The Kier molecular flexibility index (Phi) is 6.26. The summed E-state index contributed by atoms with van der Waals surface area (Å²) in [6, 6.07) is 27.9. The Labute approximate surface area is 177 Å². The summed E-state index contributed by atoms with van der Waals surface area (Å²) in [6.45, 7) is 0.980. The highest BCUT2D eigenvalue weighted by molar-refractivity contribution is 5.84. The molecule has 0 radical (unpaired) electrons. The van der Waals surface area contributed by atoms with Crippen molar-refractivity contribution in [3.8, 4) is 5.75 Å². The van der Waals surface area contributed by atoms with Crippen molar-refractivity contribution in [2.24, 2.45) is 0 Å². The third-order valence-corrected chi connectivity index (χ3v) is 5.21. The van der Waals surface area contributed by atoms with Crippen molar-refractivity contribution >= 4 is 12.0 Å². The number of carbonyl (C=O) groups excluding carboxylic acids is 1. The Hall–Kier alpha value is -3.37. The first-order valence-electron chi connectivity index (χ1n) is 10.1. The number of methoxy groups -OCH3 is 1. The molecule has 152 valence electrons. The Balaban J connectivity index is 1.58. The van der Waals surface area contributed by atoms with Crippen molar-refractivity contribution in [1.82, 2.24) is 4.90 Å². The molecule has 1 aliphatic heterocycles. The van der Waals surface area contributed by atoms with Crippen LogP contribution in [0.3, 0.4) is 0 Å². The summed E-state index contributed by atoms with van der Waals surface area (Å²) < 4.78 is 11.4. The smallest absolute Gasteiger partial charge is 0.230 e. The molecule has 0 bridgehead atoms. The number of amides is 1. The van der Waals surface area contributed by atoms with E-state index in [4.69, 9.17) is 9.47 Å². The second-order valence-corrected chi connectivity index (χ2v) is 7.30. The maximum atomic E-state index is 12.9. The fraction of sp³-hybridized carbons (Fsp3) is 0.192. The summed E-state index contributed by atoms with van der Waals surface area (Å²) in [6.07, 6.45) is 2.14. The molecule has 0 N–H and O–H groups in total. The molecule has 0 aromatic heterocycles. The van der Waals surface area contributed by atoms with Crippen molar-refractivity contribution in [1.29, 1.82) is 0 Å². The van der Waals surface area contributed by atoms with Crippen LogP contribution in [0.1, 0.15) is 23.1 Å². The van der Waals surface area contributed by atoms with Crippen LogP contribution in [0.25, 0.3) is 6.08 Å². The van der Waals surface area contributed by atoms with E-state index in [9.17, 15) is 4.79 Å². The maximum absolute atomic E-state index is 12.9. The quantitative estimate of drug-likeness (QED) is 0.558. The average molecular weight is 399 g/mol. The minimum atomic E-state index is -0.267. The monoisotopic (exact) mass is 399 g/mol. The van der Waals surface area contributed by atoms with Crippen LogP contribution in [-0.2, 0) is 22.7 Å². The summed E-state index contributed by atoms with van der Waals surface area (Å²) in [5, 5.41) is 0. The van der Waals surface area contributed by atoms with Gasteiger partial charge in [-0.2, -0.15) is 0 Å². The SMILES string of the molecule is COc1ccc(CN2C(=O)C[C@H](OCc3ccccc3)/C2=C\c2ccccc2)cc1. The van der Waals surface area contributed by atoms with Gasteiger partial charge in [-0.15, -0.1) is 0 Å². The Bertz CT molecular complexity index is 997. The predicted molar refractivity (Wildman–Crippen MR) is 118 cm³/mol. The molecule has 4 rings (SSSR count). The van der Waals surface area contributed by atoms with Crippen molar-refractivity contribution in [3.63, 3.8) is 0 Å². The second kappa shape index (κ2) is 9.42. The first-order chi connectivity index (χ1) is 14.7. The van der Waals surface area contributed by atoms with Gasteiger partial charge in [-0.1, -0.05) is 72.8 Å². The lowest BCUT2D eigenvalue weighted by Crippen LogP contribution is -2.24. The molecule has 0 aliphatic carbocycles. The summed E-state index contributed by atoms with van der Waals surface area (Å²) in [4.78, 5) is 14.7. The fourth-order valence-corrected chi connectivity index (χ4v) is 3.59. The highest BCUT2D eigenvalue weighted by Gasteiger charge is 2.35. The summed E-state index contributed by atoms with van der Waals surface area (Å²) >= 11 is 0. The number of likely N-dealkylation sites (tertiary alicyclic amines) is 1. The van der Waals surface area contributed by atoms with Crippen molar-refractivity contribution in [3.05, 3.63) is 107 Å². The van der Waals surface area contributed by atoms with Crippen LogP contribution in [0.2, 0.25) is 0 Å². The van der Waals surface area contributed by atoms with E-state index in [2.05, 4.69) is 6.08 Å². The van der Waals surface area contributed by atoms with Crippen molar-refractivity contribution in [2.45, 2.75) is 25.7 Å². The van der Waals surface area contributed by atoms with E-state index in [-0.39, 0.29) is 12.0 Å². The molecule has 3 aromatic carbocycles. The molecule has 1 atom stereocenters. The first-order valence-corrected chi connectivity index (χ1v) is 10.1. The normalized spacial score (nSPS) is 17.5. The molecular formula is C26H25NO3. The second-order valence-electron chi connectivity index (χ2n) is 7.30. The van der Waals surface area contributed by atoms with Gasteiger partial charge in [-0.3, -0.25) is 4.79 Å². The van der Waals surface area contributed by atoms with Crippen LogP contribution in [0.4, 0.5) is 0 Å². The molecule has 0 saturated carbocycles. The first kappa shape index (κ1) is 19.9. The van der Waals surface area contributed by atoms with E-state index in [1.807, 2.05) is 89.8 Å². The summed E-state index contributed by atoms with van der Waals surface area (Å²) in [5.74, 6) is 0.877. The van der Waals surface area contributed by atoms with E-state index in [1.165, 1.54) is 0 Å². The minimum absolute atomic E-state index is 0.0751. The van der Waals surface area contributed by atoms with Gasteiger partial charge >= 0.3 is 0 Å². The zero-order valence-corrected chi connectivity index (χ0v) is 17.0. The lowest BCUT2D eigenvalue weighted by molar-refractivity contribution is -0.127. The predicted octanol–water partition coefficient (Wildman–Crippen LogP) is 5.05. The number of hydrogen-bond donors (Lipinski definition) is 0. The molecule has 1 amide bonds. The third kappa shape index (κ3) is 4.78. The average Bonchev–Trinajstić information content (AvgIpc) is 3.08. The lowest BCUT2D eigenvalue weighted by atomic mass is 10.1. The third-order valence-electron chi connectivity index (χ3n) is 5.21. The Morgan fingerprint density at radius 3 is 2.23 bits per heavy atom. The number of nitrogens with zero attached hydrogens (tertiary/aromatic N) is 1. The number of ether oxygens (including phenoxy) is 2. The highest BCUT2D eigenvalue weighted by Crippen LogP contribution is 2.30. The Morgan fingerprint density at radius 1 is 0.900 bits per heavy atom. The fourth-order valence-electron chi connectivity index (χ4n) is 3.59. The van der Waals surface area contributed by atoms with Crippen LogP contribution in [0.5, 0.6) is 5.75 Å². The molecule has 1 saturated heterocycles. The van der Waals surface area contributed by atoms with Gasteiger partial charge in [-0.25, -0.2) is 0 Å². The molecule has 0 spiro atoms. The zero-order valence-electron chi connectivity index (χ0n) is 17.0. The highest BCUT2D eigenvalue weighted by atomic mass is 16.5. The van der Waals surface area contributed by atoms with Crippen LogP contribution in [0, 0.1) is 0 Å². The van der Waals surface area contributed by atoms with Gasteiger partial charge in [0.25, 0.3) is 0 Å². The van der Waals surface area contributed by atoms with Crippen LogP contribution in [0.15, 0.2) is 90.6 Å². The van der Waals surface area contributed by atoms with Gasteiger partial charge < -0.3 is 14.4 Å². The van der Waals surface area contributed by atoms with Gasteiger partial charge in [-0.05, 0) is 34.9 Å². The molecule has 1 heterocycles. The molecule has 30 heavy (non-hydrogen) atoms. The summed E-state index contributed by atoms with van der Waals surface area (Å²) in [5.41, 5.74) is 4.10. The number of carbonyl (C=O) groups is 1. The minimum Gasteiger partial charge on any atom is -0.497 e. The molecule has 3 aromatic rings. The zero-order chi connectivity index (χ0) is 20.8. The van der Waals surface area contributed by atoms with Gasteiger partial charge in [0.15, 0.2) is 0 Å². The van der Waals surface area contributed by atoms with Crippen LogP contribution >= 0.6 is 0 Å². The number of benzene rings is 3. The van der Waals surface area contributed by atoms with Crippen LogP contribution < -0.4 is 4.74 Å².